The highest BCUT2D eigenvalue weighted by atomic mass is 32.2. The lowest BCUT2D eigenvalue weighted by Crippen LogP contribution is -2.35. The standard InChI is InChI=1S/C17H22N2O3S/c1-18-17(20)16-12-6-5-8-14(16)9-7-13-19-23(21,22)15-10-3-2-4-11-15/h5-6,8,12,15,19H,2-4,10-11,13H2,1H3,(H,18,20). The van der Waals surface area contributed by atoms with Crippen molar-refractivity contribution in [3.05, 3.63) is 35.4 Å². The molecular formula is C17H22N2O3S. The number of hydrogen-bond acceptors (Lipinski definition) is 3. The molecule has 0 heterocycles. The minimum atomic E-state index is -3.30. The lowest BCUT2D eigenvalue weighted by Gasteiger charge is -2.21. The van der Waals surface area contributed by atoms with E-state index in [1.807, 2.05) is 0 Å². The third-order valence-corrected chi connectivity index (χ3v) is 5.87. The van der Waals surface area contributed by atoms with Gasteiger partial charge in [0.15, 0.2) is 0 Å². The molecule has 1 aliphatic carbocycles. The normalized spacial score (nSPS) is 15.5. The van der Waals surface area contributed by atoms with Crippen LogP contribution in [-0.4, -0.2) is 33.2 Å². The molecule has 0 bridgehead atoms. The summed E-state index contributed by atoms with van der Waals surface area (Å²) in [5, 5.41) is 2.27. The SMILES string of the molecule is CNC(=O)c1ccccc1C#CCNS(=O)(=O)C1CCCCC1. The molecule has 1 aromatic carbocycles. The molecule has 0 spiro atoms. The van der Waals surface area contributed by atoms with Crippen molar-refractivity contribution in [1.82, 2.24) is 10.0 Å². The zero-order valence-corrected chi connectivity index (χ0v) is 14.1. The molecule has 0 atom stereocenters. The van der Waals surface area contributed by atoms with Gasteiger partial charge in [-0.15, -0.1) is 0 Å². The van der Waals surface area contributed by atoms with Gasteiger partial charge in [0.25, 0.3) is 5.91 Å². The smallest absolute Gasteiger partial charge is 0.252 e. The molecular weight excluding hydrogens is 312 g/mol. The second kappa shape index (κ2) is 8.14. The largest absolute Gasteiger partial charge is 0.355 e. The third kappa shape index (κ3) is 4.81. The van der Waals surface area contributed by atoms with Gasteiger partial charge in [0, 0.05) is 12.6 Å². The maximum Gasteiger partial charge on any atom is 0.252 e. The first-order chi connectivity index (χ1) is 11.0. The number of carbonyl (C=O) groups is 1. The summed E-state index contributed by atoms with van der Waals surface area (Å²) in [4.78, 5) is 11.7. The van der Waals surface area contributed by atoms with Crippen LogP contribution >= 0.6 is 0 Å². The lowest BCUT2D eigenvalue weighted by atomic mass is 10.0. The number of benzene rings is 1. The Kier molecular flexibility index (Phi) is 6.20. The predicted molar refractivity (Wildman–Crippen MR) is 90.5 cm³/mol. The third-order valence-electron chi connectivity index (χ3n) is 3.97. The van der Waals surface area contributed by atoms with Crippen LogP contribution in [0.4, 0.5) is 0 Å². The molecule has 2 N–H and O–H groups in total. The number of carbonyl (C=O) groups excluding carboxylic acids is 1. The number of hydrogen-bond donors (Lipinski definition) is 2. The first-order valence-electron chi connectivity index (χ1n) is 7.83. The van der Waals surface area contributed by atoms with E-state index in [1.54, 1.807) is 31.3 Å². The van der Waals surface area contributed by atoms with Crippen molar-refractivity contribution in [2.45, 2.75) is 37.4 Å². The Morgan fingerprint density at radius 3 is 2.61 bits per heavy atom. The summed E-state index contributed by atoms with van der Waals surface area (Å²) in [5.74, 6) is 5.45. The Labute approximate surface area is 137 Å². The van der Waals surface area contributed by atoms with Crippen LogP contribution in [-0.2, 0) is 10.0 Å². The van der Waals surface area contributed by atoms with Gasteiger partial charge < -0.3 is 5.32 Å². The highest BCUT2D eigenvalue weighted by Crippen LogP contribution is 2.22. The molecule has 5 nitrogen and oxygen atoms in total. The average Bonchev–Trinajstić information content (AvgIpc) is 2.59. The van der Waals surface area contributed by atoms with Gasteiger partial charge in [0.05, 0.1) is 17.4 Å². The van der Waals surface area contributed by atoms with Crippen molar-refractivity contribution in [2.24, 2.45) is 0 Å². The fraction of sp³-hybridized carbons (Fsp3) is 0.471. The Morgan fingerprint density at radius 1 is 1.22 bits per heavy atom. The van der Waals surface area contributed by atoms with Crippen LogP contribution in [0.5, 0.6) is 0 Å². The van der Waals surface area contributed by atoms with E-state index in [2.05, 4.69) is 21.9 Å². The predicted octanol–water partition coefficient (Wildman–Crippen LogP) is 1.65. The fourth-order valence-corrected chi connectivity index (χ4v) is 4.16. The van der Waals surface area contributed by atoms with Crippen molar-refractivity contribution in [3.8, 4) is 11.8 Å². The average molecular weight is 334 g/mol. The van der Waals surface area contributed by atoms with Crippen LogP contribution in [0.1, 0.15) is 48.0 Å². The van der Waals surface area contributed by atoms with Crippen molar-refractivity contribution in [1.29, 1.82) is 0 Å². The molecule has 1 saturated carbocycles. The minimum Gasteiger partial charge on any atom is -0.355 e. The van der Waals surface area contributed by atoms with Gasteiger partial charge in [-0.3, -0.25) is 4.79 Å². The molecule has 1 fully saturated rings. The molecule has 23 heavy (non-hydrogen) atoms. The molecule has 0 saturated heterocycles. The van der Waals surface area contributed by atoms with Gasteiger partial charge in [0.1, 0.15) is 0 Å². The van der Waals surface area contributed by atoms with E-state index in [-0.39, 0.29) is 17.7 Å². The van der Waals surface area contributed by atoms with Crippen molar-refractivity contribution >= 4 is 15.9 Å². The minimum absolute atomic E-state index is 0.0565. The first-order valence-corrected chi connectivity index (χ1v) is 9.37. The number of nitrogens with one attached hydrogen (secondary N) is 2. The van der Waals surface area contributed by atoms with Crippen LogP contribution in [0.25, 0.3) is 0 Å². The molecule has 0 radical (unpaired) electrons. The molecule has 1 aliphatic rings. The van der Waals surface area contributed by atoms with E-state index in [0.29, 0.717) is 11.1 Å². The second-order valence-electron chi connectivity index (χ2n) is 5.55. The highest BCUT2D eigenvalue weighted by Gasteiger charge is 2.26. The summed E-state index contributed by atoms with van der Waals surface area (Å²) in [5.41, 5.74) is 1.07. The first kappa shape index (κ1) is 17.5. The van der Waals surface area contributed by atoms with Crippen molar-refractivity contribution in [3.63, 3.8) is 0 Å². The Hall–Kier alpha value is -1.84. The van der Waals surface area contributed by atoms with E-state index in [9.17, 15) is 13.2 Å². The number of rotatable bonds is 4. The van der Waals surface area contributed by atoms with Crippen molar-refractivity contribution < 1.29 is 13.2 Å². The fourth-order valence-electron chi connectivity index (χ4n) is 2.69. The summed E-state index contributed by atoms with van der Waals surface area (Å²) in [6.45, 7) is 0.0565. The van der Waals surface area contributed by atoms with Gasteiger partial charge in [-0.1, -0.05) is 43.2 Å². The zero-order valence-electron chi connectivity index (χ0n) is 13.3. The highest BCUT2D eigenvalue weighted by molar-refractivity contribution is 7.90. The second-order valence-corrected chi connectivity index (χ2v) is 7.60. The Morgan fingerprint density at radius 2 is 1.91 bits per heavy atom. The van der Waals surface area contributed by atoms with Crippen LogP contribution in [0.15, 0.2) is 24.3 Å². The maximum absolute atomic E-state index is 12.2. The van der Waals surface area contributed by atoms with E-state index >= 15 is 0 Å². The number of amides is 1. The van der Waals surface area contributed by atoms with Gasteiger partial charge in [-0.2, -0.15) is 0 Å². The summed E-state index contributed by atoms with van der Waals surface area (Å²) in [7, 11) is -1.74. The zero-order chi connectivity index (χ0) is 16.7. The molecule has 2 rings (SSSR count). The summed E-state index contributed by atoms with van der Waals surface area (Å²) in [6, 6.07) is 6.99. The monoisotopic (exact) mass is 334 g/mol. The summed E-state index contributed by atoms with van der Waals surface area (Å²) >= 11 is 0. The topological polar surface area (TPSA) is 75.3 Å². The van der Waals surface area contributed by atoms with Gasteiger partial charge in [-0.05, 0) is 25.0 Å². The Bertz CT molecular complexity index is 711. The van der Waals surface area contributed by atoms with Crippen molar-refractivity contribution in [2.75, 3.05) is 13.6 Å². The molecule has 6 heteroatoms. The van der Waals surface area contributed by atoms with Gasteiger partial charge in [-0.25, -0.2) is 13.1 Å². The van der Waals surface area contributed by atoms with Gasteiger partial charge in [0.2, 0.25) is 10.0 Å². The number of sulfonamides is 1. The molecule has 0 unspecified atom stereocenters. The molecule has 1 aromatic rings. The van der Waals surface area contributed by atoms with E-state index in [1.165, 1.54) is 0 Å². The van der Waals surface area contributed by atoms with E-state index in [0.717, 1.165) is 32.1 Å². The lowest BCUT2D eigenvalue weighted by molar-refractivity contribution is 0.0963. The van der Waals surface area contributed by atoms with Crippen LogP contribution in [0.2, 0.25) is 0 Å². The quantitative estimate of drug-likeness (QED) is 0.822. The van der Waals surface area contributed by atoms with E-state index < -0.39 is 10.0 Å². The molecule has 0 aromatic heterocycles. The summed E-state index contributed by atoms with van der Waals surface area (Å²) < 4.78 is 26.9. The van der Waals surface area contributed by atoms with Crippen LogP contribution in [0, 0.1) is 11.8 Å². The van der Waals surface area contributed by atoms with Crippen LogP contribution < -0.4 is 10.0 Å². The molecule has 124 valence electrons. The Balaban J connectivity index is 2.00. The van der Waals surface area contributed by atoms with E-state index in [4.69, 9.17) is 0 Å². The van der Waals surface area contributed by atoms with Gasteiger partial charge >= 0.3 is 0 Å². The van der Waals surface area contributed by atoms with Crippen LogP contribution in [0.3, 0.4) is 0 Å². The molecule has 0 aliphatic heterocycles. The summed E-state index contributed by atoms with van der Waals surface area (Å²) in [6.07, 6.45) is 4.50. The maximum atomic E-state index is 12.2. The molecule has 1 amide bonds.